The fourth-order valence-electron chi connectivity index (χ4n) is 2.07. The van der Waals surface area contributed by atoms with Crippen LogP contribution in [0.2, 0.25) is 0 Å². The molecule has 0 fully saturated rings. The molecule has 0 aromatic carbocycles. The van der Waals surface area contributed by atoms with Crippen LogP contribution in [-0.2, 0) is 13.0 Å². The summed E-state index contributed by atoms with van der Waals surface area (Å²) in [7, 11) is 0. The maximum absolute atomic E-state index is 12.0. The van der Waals surface area contributed by atoms with Gasteiger partial charge < -0.3 is 10.3 Å². The normalized spacial score (nSPS) is 10.4. The van der Waals surface area contributed by atoms with Crippen LogP contribution in [-0.4, -0.2) is 25.7 Å². The summed E-state index contributed by atoms with van der Waals surface area (Å²) in [5.41, 5.74) is 1.11. The van der Waals surface area contributed by atoms with E-state index in [4.69, 9.17) is 0 Å². The highest BCUT2D eigenvalue weighted by molar-refractivity contribution is 6.03. The van der Waals surface area contributed by atoms with Crippen LogP contribution in [0, 0.1) is 0 Å². The molecular weight excluding hydrogens is 294 g/mol. The number of hydrogen-bond donors (Lipinski definition) is 2. The largest absolute Gasteiger partial charge is 0.328 e. The van der Waals surface area contributed by atoms with E-state index in [1.54, 1.807) is 23.1 Å². The highest BCUT2D eigenvalue weighted by atomic mass is 16.2. The Hall–Kier alpha value is -3.22. The molecule has 0 saturated heterocycles. The summed E-state index contributed by atoms with van der Waals surface area (Å²) in [6, 6.07) is 10.3. The molecule has 2 N–H and O–H groups in total. The van der Waals surface area contributed by atoms with Crippen LogP contribution in [0.1, 0.15) is 16.1 Å². The van der Waals surface area contributed by atoms with Crippen molar-refractivity contribution in [1.82, 2.24) is 19.7 Å². The van der Waals surface area contributed by atoms with Crippen molar-refractivity contribution in [1.29, 1.82) is 0 Å². The van der Waals surface area contributed by atoms with Gasteiger partial charge in [0.05, 0.1) is 5.56 Å². The number of nitrogens with one attached hydrogen (secondary N) is 2. The molecule has 0 atom stereocenters. The number of pyridine rings is 2. The summed E-state index contributed by atoms with van der Waals surface area (Å²) in [5.74, 6) is 0.137. The van der Waals surface area contributed by atoms with Gasteiger partial charge in [-0.05, 0) is 18.2 Å². The second-order valence-electron chi connectivity index (χ2n) is 4.93. The Bertz CT molecular complexity index is 834. The van der Waals surface area contributed by atoms with Crippen LogP contribution in [0.15, 0.2) is 59.8 Å². The zero-order valence-electron chi connectivity index (χ0n) is 12.3. The number of hydrogen-bond acceptors (Lipinski definition) is 4. The highest BCUT2D eigenvalue weighted by Gasteiger charge is 2.08. The molecule has 116 valence electrons. The van der Waals surface area contributed by atoms with Crippen molar-refractivity contribution < 1.29 is 4.79 Å². The fraction of sp³-hybridized carbons (Fsp3) is 0.125. The molecule has 0 bridgehead atoms. The number of carbonyl (C=O) groups excluding carboxylic acids is 1. The molecule has 0 aliphatic heterocycles. The topological polar surface area (TPSA) is 92.7 Å². The van der Waals surface area contributed by atoms with E-state index >= 15 is 0 Å². The Morgan fingerprint density at radius 1 is 1.22 bits per heavy atom. The lowest BCUT2D eigenvalue weighted by atomic mass is 10.3. The second-order valence-corrected chi connectivity index (χ2v) is 4.93. The van der Waals surface area contributed by atoms with Crippen LogP contribution >= 0.6 is 0 Å². The van der Waals surface area contributed by atoms with E-state index in [0.717, 1.165) is 12.1 Å². The lowest BCUT2D eigenvalue weighted by Crippen LogP contribution is -2.15. The minimum atomic E-state index is -0.323. The van der Waals surface area contributed by atoms with Gasteiger partial charge in [0, 0.05) is 49.4 Å². The van der Waals surface area contributed by atoms with E-state index in [2.05, 4.69) is 20.4 Å². The Morgan fingerprint density at radius 3 is 2.87 bits per heavy atom. The van der Waals surface area contributed by atoms with Crippen molar-refractivity contribution in [2.24, 2.45) is 0 Å². The summed E-state index contributed by atoms with van der Waals surface area (Å²) in [6.45, 7) is 0.672. The third-order valence-corrected chi connectivity index (χ3v) is 3.25. The summed E-state index contributed by atoms with van der Waals surface area (Å²) in [4.78, 5) is 29.7. The summed E-state index contributed by atoms with van der Waals surface area (Å²) >= 11 is 0. The standard InChI is InChI=1S/C16H15N5O2/c22-15-5-4-12(11-18-15)16(23)19-14-7-10-21(20-14)9-6-13-3-1-2-8-17-13/h1-5,7-8,10-11H,6,9H2,(H,18,22)(H,19,20,23). The lowest BCUT2D eigenvalue weighted by Gasteiger charge is -2.02. The lowest BCUT2D eigenvalue weighted by molar-refractivity contribution is 0.102. The molecular formula is C16H15N5O2. The number of carbonyl (C=O) groups is 1. The summed E-state index contributed by atoms with van der Waals surface area (Å²) in [5, 5.41) is 6.98. The maximum Gasteiger partial charge on any atom is 0.258 e. The van der Waals surface area contributed by atoms with Gasteiger partial charge in [-0.2, -0.15) is 5.10 Å². The number of aromatic amines is 1. The van der Waals surface area contributed by atoms with E-state index in [-0.39, 0.29) is 11.5 Å². The first kappa shape index (κ1) is 14.7. The number of rotatable bonds is 5. The van der Waals surface area contributed by atoms with Gasteiger partial charge in [0.25, 0.3) is 5.91 Å². The van der Waals surface area contributed by atoms with Crippen LogP contribution in [0.5, 0.6) is 0 Å². The molecule has 3 rings (SSSR count). The fourth-order valence-corrected chi connectivity index (χ4v) is 2.07. The molecule has 1 amide bonds. The smallest absolute Gasteiger partial charge is 0.258 e. The molecule has 3 aromatic rings. The van der Waals surface area contributed by atoms with Gasteiger partial charge in [0.15, 0.2) is 5.82 Å². The Labute approximate surface area is 132 Å². The van der Waals surface area contributed by atoms with E-state index in [1.807, 2.05) is 18.2 Å². The first-order chi connectivity index (χ1) is 11.2. The molecule has 0 spiro atoms. The first-order valence-electron chi connectivity index (χ1n) is 7.14. The molecule has 7 nitrogen and oxygen atoms in total. The number of aryl methyl sites for hydroxylation is 2. The molecule has 3 heterocycles. The molecule has 0 saturated carbocycles. The number of aromatic nitrogens is 4. The summed E-state index contributed by atoms with van der Waals surface area (Å²) < 4.78 is 1.75. The van der Waals surface area contributed by atoms with Gasteiger partial charge in [0.2, 0.25) is 5.56 Å². The van der Waals surface area contributed by atoms with Crippen molar-refractivity contribution in [3.05, 3.63) is 76.6 Å². The van der Waals surface area contributed by atoms with Gasteiger partial charge in [-0.1, -0.05) is 6.07 Å². The van der Waals surface area contributed by atoms with Gasteiger partial charge in [-0.3, -0.25) is 19.3 Å². The minimum Gasteiger partial charge on any atom is -0.328 e. The molecule has 7 heteroatoms. The van der Waals surface area contributed by atoms with E-state index in [0.29, 0.717) is 17.9 Å². The van der Waals surface area contributed by atoms with Gasteiger partial charge >= 0.3 is 0 Å². The maximum atomic E-state index is 12.0. The summed E-state index contributed by atoms with van der Waals surface area (Å²) in [6.07, 6.45) is 5.69. The van der Waals surface area contributed by atoms with Crippen molar-refractivity contribution in [3.63, 3.8) is 0 Å². The van der Waals surface area contributed by atoms with Crippen LogP contribution in [0.4, 0.5) is 5.82 Å². The number of amides is 1. The number of nitrogens with zero attached hydrogens (tertiary/aromatic N) is 3. The second kappa shape index (κ2) is 6.69. The van der Waals surface area contributed by atoms with Crippen LogP contribution in [0.25, 0.3) is 0 Å². The molecule has 0 aliphatic carbocycles. The minimum absolute atomic E-state index is 0.250. The Balaban J connectivity index is 1.59. The van der Waals surface area contributed by atoms with Gasteiger partial charge in [-0.15, -0.1) is 0 Å². The average Bonchev–Trinajstić information content (AvgIpc) is 3.02. The number of anilines is 1. The van der Waals surface area contributed by atoms with Crippen molar-refractivity contribution in [2.45, 2.75) is 13.0 Å². The number of H-pyrrole nitrogens is 1. The third kappa shape index (κ3) is 3.91. The third-order valence-electron chi connectivity index (χ3n) is 3.25. The van der Waals surface area contributed by atoms with E-state index in [9.17, 15) is 9.59 Å². The van der Waals surface area contributed by atoms with Gasteiger partial charge in [-0.25, -0.2) is 0 Å². The zero-order valence-corrected chi connectivity index (χ0v) is 12.3. The molecule has 0 radical (unpaired) electrons. The molecule has 3 aromatic heterocycles. The molecule has 0 unspecified atom stereocenters. The SMILES string of the molecule is O=C(Nc1ccn(CCc2ccccn2)n1)c1ccc(=O)[nH]c1. The highest BCUT2D eigenvalue weighted by Crippen LogP contribution is 2.06. The average molecular weight is 309 g/mol. The van der Waals surface area contributed by atoms with Gasteiger partial charge in [0.1, 0.15) is 0 Å². The van der Waals surface area contributed by atoms with Crippen LogP contribution < -0.4 is 10.9 Å². The monoisotopic (exact) mass is 309 g/mol. The molecule has 0 aliphatic rings. The quantitative estimate of drug-likeness (QED) is 0.746. The van der Waals surface area contributed by atoms with Crippen molar-refractivity contribution >= 4 is 11.7 Å². The van der Waals surface area contributed by atoms with Crippen molar-refractivity contribution in [2.75, 3.05) is 5.32 Å². The Morgan fingerprint density at radius 2 is 2.13 bits per heavy atom. The van der Waals surface area contributed by atoms with Crippen LogP contribution in [0.3, 0.4) is 0 Å². The first-order valence-corrected chi connectivity index (χ1v) is 7.14. The van der Waals surface area contributed by atoms with E-state index < -0.39 is 0 Å². The molecule has 23 heavy (non-hydrogen) atoms. The van der Waals surface area contributed by atoms with Crippen molar-refractivity contribution in [3.8, 4) is 0 Å². The predicted octanol–water partition coefficient (Wildman–Crippen LogP) is 1.46. The zero-order chi connectivity index (χ0) is 16.1. The van der Waals surface area contributed by atoms with E-state index in [1.165, 1.54) is 18.3 Å². The Kier molecular flexibility index (Phi) is 4.28. The predicted molar refractivity (Wildman–Crippen MR) is 85.2 cm³/mol.